The van der Waals surface area contributed by atoms with Crippen molar-refractivity contribution in [2.75, 3.05) is 0 Å². The predicted molar refractivity (Wildman–Crippen MR) is 57.2 cm³/mol. The van der Waals surface area contributed by atoms with E-state index < -0.39 is 0 Å². The highest BCUT2D eigenvalue weighted by Gasteiger charge is 2.08. The molecule has 0 spiro atoms. The molecule has 4 heteroatoms. The van der Waals surface area contributed by atoms with Gasteiger partial charge < -0.3 is 0 Å². The third-order valence-corrected chi connectivity index (χ3v) is 3.13. The molecule has 0 aliphatic heterocycles. The highest BCUT2D eigenvalue weighted by Crippen LogP contribution is 2.26. The lowest BCUT2D eigenvalue weighted by Gasteiger charge is -1.94. The van der Waals surface area contributed by atoms with Crippen molar-refractivity contribution in [1.29, 1.82) is 0 Å². The summed E-state index contributed by atoms with van der Waals surface area (Å²) in [5.74, 6) is 0.447. The second-order valence-electron chi connectivity index (χ2n) is 3.34. The zero-order chi connectivity index (χ0) is 9.97. The van der Waals surface area contributed by atoms with Gasteiger partial charge in [-0.1, -0.05) is 25.2 Å². The van der Waals surface area contributed by atoms with E-state index in [2.05, 4.69) is 29.0 Å². The fourth-order valence-corrected chi connectivity index (χ4v) is 1.93. The van der Waals surface area contributed by atoms with E-state index in [4.69, 9.17) is 0 Å². The number of aromatic nitrogens is 3. The van der Waals surface area contributed by atoms with Crippen LogP contribution in [0.3, 0.4) is 0 Å². The second-order valence-corrected chi connectivity index (χ2v) is 4.35. The van der Waals surface area contributed by atoms with Crippen LogP contribution in [0.25, 0.3) is 10.6 Å². The van der Waals surface area contributed by atoms with Crippen LogP contribution < -0.4 is 0 Å². The van der Waals surface area contributed by atoms with E-state index >= 15 is 0 Å². The number of hydrogen-bond donors (Lipinski definition) is 0. The van der Waals surface area contributed by atoms with Crippen LogP contribution >= 0.6 is 11.3 Å². The summed E-state index contributed by atoms with van der Waals surface area (Å²) < 4.78 is 0. The molecule has 0 aromatic carbocycles. The Morgan fingerprint density at radius 3 is 2.43 bits per heavy atom. The Kier molecular flexibility index (Phi) is 2.54. The van der Waals surface area contributed by atoms with E-state index in [-0.39, 0.29) is 0 Å². The summed E-state index contributed by atoms with van der Waals surface area (Å²) in [7, 11) is 0. The molecule has 0 unspecified atom stereocenters. The first-order chi connectivity index (χ1) is 6.77. The third-order valence-electron chi connectivity index (χ3n) is 1.86. The molecule has 0 N–H and O–H groups in total. The molecule has 0 aliphatic rings. The van der Waals surface area contributed by atoms with Gasteiger partial charge in [-0.3, -0.25) is 4.98 Å². The van der Waals surface area contributed by atoms with Crippen LogP contribution in [-0.2, 0) is 0 Å². The molecule has 0 atom stereocenters. The van der Waals surface area contributed by atoms with E-state index in [0.717, 1.165) is 15.6 Å². The van der Waals surface area contributed by atoms with Gasteiger partial charge in [0, 0.05) is 23.9 Å². The monoisotopic (exact) mass is 205 g/mol. The van der Waals surface area contributed by atoms with Crippen LogP contribution in [0.4, 0.5) is 0 Å². The lowest BCUT2D eigenvalue weighted by atomic mass is 10.2. The molecule has 2 aromatic rings. The summed E-state index contributed by atoms with van der Waals surface area (Å²) in [6.45, 7) is 4.24. The minimum Gasteiger partial charge on any atom is -0.265 e. The Morgan fingerprint density at radius 1 is 1.14 bits per heavy atom. The minimum atomic E-state index is 0.447. The maximum absolute atomic E-state index is 4.15. The molecule has 0 aliphatic carbocycles. The van der Waals surface area contributed by atoms with Crippen molar-refractivity contribution in [3.8, 4) is 10.6 Å². The van der Waals surface area contributed by atoms with Gasteiger partial charge in [-0.25, -0.2) is 0 Å². The van der Waals surface area contributed by atoms with Crippen molar-refractivity contribution in [3.63, 3.8) is 0 Å². The maximum atomic E-state index is 4.15. The Labute approximate surface area is 86.9 Å². The molecule has 0 saturated carbocycles. The lowest BCUT2D eigenvalue weighted by molar-refractivity contribution is 0.825. The predicted octanol–water partition coefficient (Wildman–Crippen LogP) is 2.72. The molecule has 0 amide bonds. The molecule has 72 valence electrons. The number of hydrogen-bond acceptors (Lipinski definition) is 4. The number of pyridine rings is 1. The molecular weight excluding hydrogens is 194 g/mol. The Hall–Kier alpha value is -1.29. The van der Waals surface area contributed by atoms with Gasteiger partial charge in [0.1, 0.15) is 10.0 Å². The lowest BCUT2D eigenvalue weighted by Crippen LogP contribution is -1.83. The Bertz CT molecular complexity index is 408. The zero-order valence-corrected chi connectivity index (χ0v) is 8.95. The average molecular weight is 205 g/mol. The smallest absolute Gasteiger partial charge is 0.147 e. The van der Waals surface area contributed by atoms with Gasteiger partial charge in [0.2, 0.25) is 0 Å². The van der Waals surface area contributed by atoms with E-state index in [0.29, 0.717) is 5.92 Å². The normalized spacial score (nSPS) is 10.8. The summed E-state index contributed by atoms with van der Waals surface area (Å²) in [6, 6.07) is 3.90. The Balaban J connectivity index is 2.34. The van der Waals surface area contributed by atoms with E-state index in [1.54, 1.807) is 23.7 Å². The van der Waals surface area contributed by atoms with Gasteiger partial charge in [-0.05, 0) is 12.1 Å². The molecule has 14 heavy (non-hydrogen) atoms. The van der Waals surface area contributed by atoms with Crippen molar-refractivity contribution >= 4 is 11.3 Å². The average Bonchev–Trinajstić information content (AvgIpc) is 2.68. The van der Waals surface area contributed by atoms with Crippen LogP contribution in [-0.4, -0.2) is 15.2 Å². The van der Waals surface area contributed by atoms with Crippen molar-refractivity contribution in [2.24, 2.45) is 0 Å². The van der Waals surface area contributed by atoms with Gasteiger partial charge in [0.15, 0.2) is 0 Å². The topological polar surface area (TPSA) is 38.7 Å². The fourth-order valence-electron chi connectivity index (χ4n) is 1.08. The third kappa shape index (κ3) is 1.80. The minimum absolute atomic E-state index is 0.447. The first-order valence-electron chi connectivity index (χ1n) is 4.51. The first-order valence-corrected chi connectivity index (χ1v) is 5.33. The SMILES string of the molecule is CC(C)c1nnc(-c2ccncc2)s1. The van der Waals surface area contributed by atoms with Gasteiger partial charge in [-0.15, -0.1) is 10.2 Å². The molecular formula is C10H11N3S. The zero-order valence-electron chi connectivity index (χ0n) is 8.14. The molecule has 0 fully saturated rings. The second kappa shape index (κ2) is 3.84. The van der Waals surface area contributed by atoms with Crippen LogP contribution in [0.15, 0.2) is 24.5 Å². The van der Waals surface area contributed by atoms with Gasteiger partial charge >= 0.3 is 0 Å². The van der Waals surface area contributed by atoms with Crippen LogP contribution in [0, 0.1) is 0 Å². The summed E-state index contributed by atoms with van der Waals surface area (Å²) in [6.07, 6.45) is 3.54. The highest BCUT2D eigenvalue weighted by atomic mass is 32.1. The van der Waals surface area contributed by atoms with E-state index in [9.17, 15) is 0 Å². The summed E-state index contributed by atoms with van der Waals surface area (Å²) in [4.78, 5) is 3.97. The standard InChI is InChI=1S/C10H11N3S/c1-7(2)9-12-13-10(14-9)8-3-5-11-6-4-8/h3-7H,1-2H3. The largest absolute Gasteiger partial charge is 0.265 e. The number of nitrogens with zero attached hydrogens (tertiary/aromatic N) is 3. The Morgan fingerprint density at radius 2 is 1.86 bits per heavy atom. The molecule has 0 bridgehead atoms. The fraction of sp³-hybridized carbons (Fsp3) is 0.300. The van der Waals surface area contributed by atoms with Crippen molar-refractivity contribution < 1.29 is 0 Å². The summed E-state index contributed by atoms with van der Waals surface area (Å²) >= 11 is 1.64. The van der Waals surface area contributed by atoms with Crippen molar-refractivity contribution in [3.05, 3.63) is 29.5 Å². The van der Waals surface area contributed by atoms with Gasteiger partial charge in [-0.2, -0.15) is 0 Å². The molecule has 2 rings (SSSR count). The molecule has 0 saturated heterocycles. The van der Waals surface area contributed by atoms with E-state index in [1.807, 2.05) is 12.1 Å². The molecule has 2 aromatic heterocycles. The van der Waals surface area contributed by atoms with Crippen molar-refractivity contribution in [1.82, 2.24) is 15.2 Å². The van der Waals surface area contributed by atoms with E-state index in [1.165, 1.54) is 0 Å². The quantitative estimate of drug-likeness (QED) is 0.756. The number of rotatable bonds is 2. The maximum Gasteiger partial charge on any atom is 0.147 e. The van der Waals surface area contributed by atoms with Gasteiger partial charge in [0.05, 0.1) is 0 Å². The molecule has 3 nitrogen and oxygen atoms in total. The summed E-state index contributed by atoms with van der Waals surface area (Å²) in [5.41, 5.74) is 1.09. The summed E-state index contributed by atoms with van der Waals surface area (Å²) in [5, 5.41) is 10.3. The molecule has 0 radical (unpaired) electrons. The highest BCUT2D eigenvalue weighted by molar-refractivity contribution is 7.14. The van der Waals surface area contributed by atoms with Crippen LogP contribution in [0.5, 0.6) is 0 Å². The van der Waals surface area contributed by atoms with Crippen molar-refractivity contribution in [2.45, 2.75) is 19.8 Å². The first kappa shape index (κ1) is 9.27. The van der Waals surface area contributed by atoms with Crippen LogP contribution in [0.2, 0.25) is 0 Å². The van der Waals surface area contributed by atoms with Crippen LogP contribution in [0.1, 0.15) is 24.8 Å². The molecule has 2 heterocycles. The van der Waals surface area contributed by atoms with Gasteiger partial charge in [0.25, 0.3) is 0 Å².